The van der Waals surface area contributed by atoms with Crippen molar-refractivity contribution in [3.8, 4) is 0 Å². The van der Waals surface area contributed by atoms with Gasteiger partial charge in [0.2, 0.25) is 10.0 Å². The van der Waals surface area contributed by atoms with Crippen molar-refractivity contribution < 1.29 is 13.5 Å². The Bertz CT molecular complexity index is 156. The molecule has 0 rings (SSSR count). The Labute approximate surface area is 41.3 Å². The largest absolute Gasteiger partial charge is 0.515 e. The average Bonchev–Trinajstić information content (AvgIpc) is 1.30. The van der Waals surface area contributed by atoms with Crippen LogP contribution in [0.1, 0.15) is 0 Å². The number of nitrogens with two attached hydrogens (primary N) is 1. The molecule has 0 aliphatic rings. The van der Waals surface area contributed by atoms with E-state index < -0.39 is 10.0 Å². The third-order valence-electron chi connectivity index (χ3n) is 0.251. The second-order valence-corrected chi connectivity index (χ2v) is 2.32. The maximum atomic E-state index is 9.76. The normalized spacial score (nSPS) is 12.7. The van der Waals surface area contributed by atoms with Gasteiger partial charge in [0, 0.05) is 0 Å². The minimum atomic E-state index is -3.60. The molecule has 0 atom stereocenters. The maximum absolute atomic E-state index is 9.76. The molecular formula is C2H5NO3S. The first-order chi connectivity index (χ1) is 3.06. The summed E-state index contributed by atoms with van der Waals surface area (Å²) in [5.74, 6) is 0. The van der Waals surface area contributed by atoms with Gasteiger partial charge in [-0.3, -0.25) is 0 Å². The molecule has 0 fully saturated rings. The standard InChI is InChI=1S/C2H5NO3S/c3-7(5,6)2-1-4/h1-2,4H,(H2,3,5,6). The van der Waals surface area contributed by atoms with Crippen molar-refractivity contribution in [3.05, 3.63) is 11.7 Å². The molecular weight excluding hydrogens is 118 g/mol. The fourth-order valence-corrected chi connectivity index (χ4v) is 0.254. The van der Waals surface area contributed by atoms with Crippen LogP contribution >= 0.6 is 0 Å². The van der Waals surface area contributed by atoms with Crippen LogP contribution in [0.5, 0.6) is 0 Å². The lowest BCUT2D eigenvalue weighted by Crippen LogP contribution is -2.06. The monoisotopic (exact) mass is 123 g/mol. The molecule has 5 heteroatoms. The zero-order chi connectivity index (χ0) is 5.91. The average molecular weight is 123 g/mol. The number of hydrogen-bond donors (Lipinski definition) is 2. The molecule has 4 nitrogen and oxygen atoms in total. The van der Waals surface area contributed by atoms with Gasteiger partial charge in [0.15, 0.2) is 0 Å². The van der Waals surface area contributed by atoms with Gasteiger partial charge >= 0.3 is 0 Å². The highest BCUT2D eigenvalue weighted by atomic mass is 32.2. The van der Waals surface area contributed by atoms with Crippen LogP contribution in [0.3, 0.4) is 0 Å². The van der Waals surface area contributed by atoms with Crippen LogP contribution in [-0.4, -0.2) is 13.5 Å². The van der Waals surface area contributed by atoms with Crippen LogP contribution in [0.2, 0.25) is 0 Å². The SMILES string of the molecule is NS(=O)(=O)C=CO. The molecule has 7 heavy (non-hydrogen) atoms. The molecule has 0 spiro atoms. The van der Waals surface area contributed by atoms with Crippen molar-refractivity contribution in [3.63, 3.8) is 0 Å². The molecule has 0 saturated carbocycles. The van der Waals surface area contributed by atoms with Crippen molar-refractivity contribution in [1.82, 2.24) is 0 Å². The van der Waals surface area contributed by atoms with Crippen molar-refractivity contribution >= 4 is 10.0 Å². The first kappa shape index (κ1) is 6.45. The quantitative estimate of drug-likeness (QED) is 0.452. The van der Waals surface area contributed by atoms with Gasteiger partial charge < -0.3 is 5.11 Å². The van der Waals surface area contributed by atoms with E-state index in [4.69, 9.17) is 5.11 Å². The molecule has 0 aromatic carbocycles. The Morgan fingerprint density at radius 3 is 2.00 bits per heavy atom. The second kappa shape index (κ2) is 1.94. The Morgan fingerprint density at radius 2 is 2.00 bits per heavy atom. The molecule has 0 radical (unpaired) electrons. The summed E-state index contributed by atoms with van der Waals surface area (Å²) in [4.78, 5) is 0. The van der Waals surface area contributed by atoms with E-state index in [0.717, 1.165) is 0 Å². The van der Waals surface area contributed by atoms with E-state index in [1.54, 1.807) is 0 Å². The van der Waals surface area contributed by atoms with Gasteiger partial charge in [0.05, 0.1) is 11.7 Å². The van der Waals surface area contributed by atoms with E-state index in [1.165, 1.54) is 0 Å². The van der Waals surface area contributed by atoms with Gasteiger partial charge in [0.1, 0.15) is 0 Å². The van der Waals surface area contributed by atoms with Crippen molar-refractivity contribution in [2.75, 3.05) is 0 Å². The summed E-state index contributed by atoms with van der Waals surface area (Å²) in [6.45, 7) is 0. The fourth-order valence-electron chi connectivity index (χ4n) is 0.0848. The summed E-state index contributed by atoms with van der Waals surface area (Å²) in [7, 11) is -3.60. The van der Waals surface area contributed by atoms with Crippen molar-refractivity contribution in [2.45, 2.75) is 0 Å². The number of aliphatic hydroxyl groups is 1. The smallest absolute Gasteiger partial charge is 0.234 e. The Hall–Kier alpha value is -0.550. The molecule has 0 aliphatic carbocycles. The van der Waals surface area contributed by atoms with E-state index in [2.05, 4.69) is 5.14 Å². The summed E-state index contributed by atoms with van der Waals surface area (Å²) in [6, 6.07) is 0. The summed E-state index contributed by atoms with van der Waals surface area (Å²) in [5.41, 5.74) is 0. The van der Waals surface area contributed by atoms with Gasteiger partial charge in [-0.1, -0.05) is 0 Å². The molecule has 0 amide bonds. The number of sulfonamides is 1. The zero-order valence-corrected chi connectivity index (χ0v) is 4.22. The Kier molecular flexibility index (Phi) is 1.79. The maximum Gasteiger partial charge on any atom is 0.234 e. The zero-order valence-electron chi connectivity index (χ0n) is 3.40. The van der Waals surface area contributed by atoms with Crippen LogP contribution < -0.4 is 5.14 Å². The summed E-state index contributed by atoms with van der Waals surface area (Å²) in [6.07, 6.45) is 0.370. The minimum Gasteiger partial charge on any atom is -0.515 e. The fraction of sp³-hybridized carbons (Fsp3) is 0. The van der Waals surface area contributed by atoms with Gasteiger partial charge in [-0.25, -0.2) is 13.6 Å². The molecule has 0 aromatic heterocycles. The highest BCUT2D eigenvalue weighted by Gasteiger charge is 1.88. The third-order valence-corrected chi connectivity index (χ3v) is 0.752. The number of primary sulfonamides is 1. The van der Waals surface area contributed by atoms with Gasteiger partial charge in [0.25, 0.3) is 0 Å². The Balaban J connectivity index is 4.13. The summed E-state index contributed by atoms with van der Waals surface area (Å²) in [5, 5.41) is 12.6. The van der Waals surface area contributed by atoms with Crippen molar-refractivity contribution in [2.24, 2.45) is 5.14 Å². The lowest BCUT2D eigenvalue weighted by atomic mass is 11.2. The molecule has 3 N–H and O–H groups in total. The predicted octanol–water partition coefficient (Wildman–Crippen LogP) is -0.696. The second-order valence-electron chi connectivity index (χ2n) is 0.874. The lowest BCUT2D eigenvalue weighted by molar-refractivity contribution is 0.474. The summed E-state index contributed by atoms with van der Waals surface area (Å²) >= 11 is 0. The van der Waals surface area contributed by atoms with Crippen LogP contribution in [0.4, 0.5) is 0 Å². The molecule has 0 heterocycles. The highest BCUT2D eigenvalue weighted by molar-refractivity contribution is 7.92. The predicted molar refractivity (Wildman–Crippen MR) is 24.9 cm³/mol. The first-order valence-corrected chi connectivity index (χ1v) is 3.01. The van der Waals surface area contributed by atoms with Gasteiger partial charge in [-0.2, -0.15) is 0 Å². The number of aliphatic hydroxyl groups excluding tert-OH is 1. The minimum absolute atomic E-state index is 0.370. The van der Waals surface area contributed by atoms with Crippen LogP contribution in [0.15, 0.2) is 11.7 Å². The molecule has 0 unspecified atom stereocenters. The Morgan fingerprint density at radius 1 is 1.57 bits per heavy atom. The number of rotatable bonds is 1. The van der Waals surface area contributed by atoms with Crippen LogP contribution in [-0.2, 0) is 10.0 Å². The lowest BCUT2D eigenvalue weighted by Gasteiger charge is -1.77. The molecule has 0 bridgehead atoms. The van der Waals surface area contributed by atoms with Crippen LogP contribution in [0, 0.1) is 0 Å². The van der Waals surface area contributed by atoms with E-state index in [1.807, 2.05) is 0 Å². The topological polar surface area (TPSA) is 80.4 Å². The van der Waals surface area contributed by atoms with E-state index in [0.29, 0.717) is 11.7 Å². The van der Waals surface area contributed by atoms with Gasteiger partial charge in [-0.15, -0.1) is 0 Å². The van der Waals surface area contributed by atoms with Crippen molar-refractivity contribution in [1.29, 1.82) is 0 Å². The molecule has 0 aromatic rings. The third kappa shape index (κ3) is 5.45. The van der Waals surface area contributed by atoms with Crippen LogP contribution in [0.25, 0.3) is 0 Å². The van der Waals surface area contributed by atoms with E-state index in [-0.39, 0.29) is 0 Å². The molecule has 0 saturated heterocycles. The molecule has 0 aliphatic heterocycles. The molecule has 42 valence electrons. The van der Waals surface area contributed by atoms with E-state index in [9.17, 15) is 8.42 Å². The van der Waals surface area contributed by atoms with Gasteiger partial charge in [-0.05, 0) is 0 Å². The first-order valence-electron chi connectivity index (χ1n) is 1.40. The number of hydrogen-bond acceptors (Lipinski definition) is 3. The highest BCUT2D eigenvalue weighted by Crippen LogP contribution is 1.74. The summed E-state index contributed by atoms with van der Waals surface area (Å²) < 4.78 is 19.5. The van der Waals surface area contributed by atoms with E-state index >= 15 is 0 Å².